The zero-order valence-corrected chi connectivity index (χ0v) is 10.1. The van der Waals surface area contributed by atoms with Gasteiger partial charge in [-0.05, 0) is 12.8 Å². The van der Waals surface area contributed by atoms with Crippen molar-refractivity contribution < 1.29 is 13.3 Å². The summed E-state index contributed by atoms with van der Waals surface area (Å²) in [7, 11) is 0.888. The van der Waals surface area contributed by atoms with E-state index in [9.17, 15) is 0 Å². The van der Waals surface area contributed by atoms with Crippen molar-refractivity contribution in [2.75, 3.05) is 14.2 Å². The molecule has 0 heterocycles. The molecule has 1 saturated carbocycles. The van der Waals surface area contributed by atoms with E-state index in [2.05, 4.69) is 6.58 Å². The molecule has 0 radical (unpaired) electrons. The summed E-state index contributed by atoms with van der Waals surface area (Å²) in [5, 5.41) is 0. The third-order valence-electron chi connectivity index (χ3n) is 2.92. The molecule has 0 spiro atoms. The Morgan fingerprint density at radius 3 is 2.14 bits per heavy atom. The van der Waals surface area contributed by atoms with E-state index in [1.54, 1.807) is 14.2 Å². The van der Waals surface area contributed by atoms with Crippen molar-refractivity contribution in [2.24, 2.45) is 0 Å². The third kappa shape index (κ3) is 2.37. The molecule has 1 aliphatic carbocycles. The molecule has 1 aliphatic rings. The van der Waals surface area contributed by atoms with E-state index in [-0.39, 0.29) is 0 Å². The first-order valence-electron chi connectivity index (χ1n) is 5.18. The van der Waals surface area contributed by atoms with Gasteiger partial charge in [0.2, 0.25) is 0 Å². The van der Waals surface area contributed by atoms with Crippen molar-refractivity contribution in [3.63, 3.8) is 0 Å². The predicted octanol–water partition coefficient (Wildman–Crippen LogP) is 2.71. The second kappa shape index (κ2) is 5.53. The molecule has 3 nitrogen and oxygen atoms in total. The monoisotopic (exact) mass is 216 g/mol. The fourth-order valence-electron chi connectivity index (χ4n) is 2.18. The fourth-order valence-corrected chi connectivity index (χ4v) is 4.75. The summed E-state index contributed by atoms with van der Waals surface area (Å²) < 4.78 is 16.5. The van der Waals surface area contributed by atoms with Gasteiger partial charge in [-0.15, -0.1) is 0 Å². The second-order valence-electron chi connectivity index (χ2n) is 3.63. The van der Waals surface area contributed by atoms with Gasteiger partial charge in [-0.3, -0.25) is 0 Å². The molecular weight excluding hydrogens is 196 g/mol. The molecule has 0 aromatic heterocycles. The Morgan fingerprint density at radius 1 is 1.14 bits per heavy atom. The van der Waals surface area contributed by atoms with E-state index in [1.165, 1.54) is 25.5 Å². The number of hydrogen-bond acceptors (Lipinski definition) is 3. The first-order valence-corrected chi connectivity index (χ1v) is 6.98. The summed E-state index contributed by atoms with van der Waals surface area (Å²) >= 11 is 0. The highest BCUT2D eigenvalue weighted by atomic mass is 28.4. The van der Waals surface area contributed by atoms with Crippen LogP contribution in [0.15, 0.2) is 12.8 Å². The summed E-state index contributed by atoms with van der Waals surface area (Å²) in [5.41, 5.74) is 0.448. The molecule has 1 fully saturated rings. The molecule has 14 heavy (non-hydrogen) atoms. The van der Waals surface area contributed by atoms with Crippen molar-refractivity contribution in [1.29, 1.82) is 0 Å². The zero-order chi connectivity index (χ0) is 10.4. The molecule has 0 bridgehead atoms. The Kier molecular flexibility index (Phi) is 4.64. The highest BCUT2D eigenvalue weighted by Crippen LogP contribution is 2.38. The van der Waals surface area contributed by atoms with Crippen molar-refractivity contribution >= 4 is 8.80 Å². The van der Waals surface area contributed by atoms with Gasteiger partial charge in [0, 0.05) is 19.8 Å². The molecule has 0 aromatic rings. The molecule has 4 heteroatoms. The van der Waals surface area contributed by atoms with E-state index >= 15 is 0 Å². The molecule has 1 rings (SSSR count). The van der Waals surface area contributed by atoms with Crippen LogP contribution in [0.4, 0.5) is 0 Å². The molecule has 82 valence electrons. The van der Waals surface area contributed by atoms with Crippen molar-refractivity contribution in [2.45, 2.75) is 37.6 Å². The lowest BCUT2D eigenvalue weighted by molar-refractivity contribution is 0.120. The Labute approximate surface area is 87.4 Å². The lowest BCUT2D eigenvalue weighted by Crippen LogP contribution is -2.47. The standard InChI is InChI=1S/C10H20O3Si/c1-4-13-14(11-2,12-3)10-8-6-5-7-9-10/h4,10H,1,5-9H2,2-3H3. The topological polar surface area (TPSA) is 27.7 Å². The third-order valence-corrected chi connectivity index (χ3v) is 6.13. The van der Waals surface area contributed by atoms with Gasteiger partial charge in [0.05, 0.1) is 6.26 Å². The lowest BCUT2D eigenvalue weighted by atomic mass is 10.0. The quantitative estimate of drug-likeness (QED) is 0.522. The molecule has 0 atom stereocenters. The zero-order valence-electron chi connectivity index (χ0n) is 9.12. The fraction of sp³-hybridized carbons (Fsp3) is 0.800. The maximum Gasteiger partial charge on any atom is 0.568 e. The van der Waals surface area contributed by atoms with E-state index < -0.39 is 8.80 Å². The van der Waals surface area contributed by atoms with Crippen molar-refractivity contribution in [3.05, 3.63) is 12.8 Å². The van der Waals surface area contributed by atoms with Crippen LogP contribution in [0, 0.1) is 0 Å². The Balaban J connectivity index is 2.67. The average Bonchev–Trinajstić information content (AvgIpc) is 2.27. The van der Waals surface area contributed by atoms with Gasteiger partial charge in [-0.2, -0.15) is 0 Å². The van der Waals surface area contributed by atoms with Crippen LogP contribution in [0.25, 0.3) is 0 Å². The molecule has 0 unspecified atom stereocenters. The van der Waals surface area contributed by atoms with E-state index in [1.807, 2.05) is 0 Å². The summed E-state index contributed by atoms with van der Waals surface area (Å²) in [6.07, 6.45) is 7.60. The minimum atomic E-state index is -2.46. The first-order chi connectivity index (χ1) is 6.79. The van der Waals surface area contributed by atoms with E-state index in [0.29, 0.717) is 5.54 Å². The normalized spacial score (nSPS) is 19.3. The van der Waals surface area contributed by atoms with Gasteiger partial charge in [0.25, 0.3) is 0 Å². The molecular formula is C10H20O3Si. The highest BCUT2D eigenvalue weighted by molar-refractivity contribution is 6.62. The smallest absolute Gasteiger partial charge is 0.508 e. The molecule has 0 saturated heterocycles. The van der Waals surface area contributed by atoms with Crippen LogP contribution in [0.2, 0.25) is 5.54 Å². The maximum atomic E-state index is 5.53. The van der Waals surface area contributed by atoms with Gasteiger partial charge in [0.15, 0.2) is 0 Å². The van der Waals surface area contributed by atoms with Crippen LogP contribution in [-0.2, 0) is 13.3 Å². The van der Waals surface area contributed by atoms with Crippen molar-refractivity contribution in [3.8, 4) is 0 Å². The van der Waals surface area contributed by atoms with Crippen LogP contribution in [-0.4, -0.2) is 23.0 Å². The Bertz CT molecular complexity index is 174. The average molecular weight is 216 g/mol. The van der Waals surface area contributed by atoms with Gasteiger partial charge >= 0.3 is 8.80 Å². The molecule has 0 aliphatic heterocycles. The van der Waals surface area contributed by atoms with Crippen LogP contribution < -0.4 is 0 Å². The summed E-state index contributed by atoms with van der Waals surface area (Å²) in [6.45, 7) is 3.59. The van der Waals surface area contributed by atoms with Crippen LogP contribution in [0.5, 0.6) is 0 Å². The van der Waals surface area contributed by atoms with Crippen LogP contribution >= 0.6 is 0 Å². The summed E-state index contributed by atoms with van der Waals surface area (Å²) in [5.74, 6) is 0. The van der Waals surface area contributed by atoms with Crippen LogP contribution in [0.3, 0.4) is 0 Å². The number of hydrogen-bond donors (Lipinski definition) is 0. The molecule has 0 N–H and O–H groups in total. The molecule has 0 aromatic carbocycles. The predicted molar refractivity (Wildman–Crippen MR) is 57.9 cm³/mol. The van der Waals surface area contributed by atoms with Gasteiger partial charge in [-0.25, -0.2) is 0 Å². The number of rotatable bonds is 5. The second-order valence-corrected chi connectivity index (χ2v) is 6.71. The van der Waals surface area contributed by atoms with Gasteiger partial charge < -0.3 is 13.3 Å². The maximum absolute atomic E-state index is 5.53. The highest BCUT2D eigenvalue weighted by Gasteiger charge is 2.49. The van der Waals surface area contributed by atoms with E-state index in [4.69, 9.17) is 13.3 Å². The van der Waals surface area contributed by atoms with E-state index in [0.717, 1.165) is 12.8 Å². The minimum Gasteiger partial charge on any atom is -0.508 e. The summed E-state index contributed by atoms with van der Waals surface area (Å²) in [6, 6.07) is 0. The first kappa shape index (κ1) is 11.7. The Morgan fingerprint density at radius 2 is 1.71 bits per heavy atom. The largest absolute Gasteiger partial charge is 0.568 e. The molecule has 0 amide bonds. The summed E-state index contributed by atoms with van der Waals surface area (Å²) in [4.78, 5) is 0. The SMILES string of the molecule is C=CO[Si](OC)(OC)C1CCCCC1. The lowest BCUT2D eigenvalue weighted by Gasteiger charge is -2.34. The Hall–Kier alpha value is -0.323. The van der Waals surface area contributed by atoms with Crippen molar-refractivity contribution in [1.82, 2.24) is 0 Å². The van der Waals surface area contributed by atoms with Crippen LogP contribution in [0.1, 0.15) is 32.1 Å². The van der Waals surface area contributed by atoms with Gasteiger partial charge in [-0.1, -0.05) is 25.8 Å². The van der Waals surface area contributed by atoms with Gasteiger partial charge in [0.1, 0.15) is 0 Å². The minimum absolute atomic E-state index is 0.448.